The zero-order valence-electron chi connectivity index (χ0n) is 17.2. The van der Waals surface area contributed by atoms with Crippen molar-refractivity contribution in [2.75, 3.05) is 31.1 Å². The van der Waals surface area contributed by atoms with Crippen molar-refractivity contribution >= 4 is 16.6 Å². The Morgan fingerprint density at radius 1 is 1.13 bits per heavy atom. The molecule has 0 amide bonds. The predicted octanol–water partition coefficient (Wildman–Crippen LogP) is 3.39. The molecule has 1 aliphatic carbocycles. The highest BCUT2D eigenvalue weighted by atomic mass is 19.1. The normalized spacial score (nSPS) is 22.0. The third-order valence-electron chi connectivity index (χ3n) is 6.72. The van der Waals surface area contributed by atoms with Gasteiger partial charge in [0.2, 0.25) is 0 Å². The van der Waals surface area contributed by atoms with Gasteiger partial charge in [0.1, 0.15) is 17.7 Å². The number of nitriles is 1. The molecule has 0 spiro atoms. The number of rotatable bonds is 3. The van der Waals surface area contributed by atoms with Crippen molar-refractivity contribution in [1.82, 2.24) is 14.9 Å². The maximum Gasteiger partial charge on any atom is 0.259 e. The highest BCUT2D eigenvalue weighted by molar-refractivity contribution is 5.82. The van der Waals surface area contributed by atoms with E-state index in [1.54, 1.807) is 18.3 Å². The number of pyridine rings is 2. The molecule has 1 saturated carbocycles. The van der Waals surface area contributed by atoms with Crippen LogP contribution < -0.4 is 10.5 Å². The Labute approximate surface area is 179 Å². The number of aromatic amines is 1. The molecule has 7 heteroatoms. The number of nitrogens with one attached hydrogen (secondary N) is 1. The number of H-pyrrole nitrogens is 1. The molecule has 158 valence electrons. The van der Waals surface area contributed by atoms with Gasteiger partial charge in [-0.25, -0.2) is 9.37 Å². The second kappa shape index (κ2) is 8.12. The second-order valence-corrected chi connectivity index (χ2v) is 8.46. The van der Waals surface area contributed by atoms with Crippen molar-refractivity contribution in [2.45, 2.75) is 31.2 Å². The Kier molecular flexibility index (Phi) is 5.16. The van der Waals surface area contributed by atoms with E-state index < -0.39 is 5.82 Å². The molecule has 5 rings (SSSR count). The summed E-state index contributed by atoms with van der Waals surface area (Å²) in [5.41, 5.74) is 1.16. The van der Waals surface area contributed by atoms with Crippen molar-refractivity contribution < 1.29 is 4.39 Å². The Morgan fingerprint density at radius 3 is 2.71 bits per heavy atom. The van der Waals surface area contributed by atoms with E-state index in [-0.39, 0.29) is 10.9 Å². The van der Waals surface area contributed by atoms with Gasteiger partial charge >= 0.3 is 0 Å². The van der Waals surface area contributed by atoms with Crippen LogP contribution in [-0.2, 0) is 0 Å². The molecule has 2 aromatic heterocycles. The largest absolute Gasteiger partial charge is 0.354 e. The van der Waals surface area contributed by atoms with Gasteiger partial charge < -0.3 is 9.88 Å². The van der Waals surface area contributed by atoms with Crippen molar-refractivity contribution in [3.05, 3.63) is 70.0 Å². The maximum absolute atomic E-state index is 14.0. The number of fused-ring (bicyclic) bond motifs is 1. The molecule has 2 atom stereocenters. The fourth-order valence-corrected chi connectivity index (χ4v) is 5.05. The number of aromatic nitrogens is 2. The monoisotopic (exact) mass is 417 g/mol. The average molecular weight is 417 g/mol. The number of halogens is 1. The van der Waals surface area contributed by atoms with Gasteiger partial charge in [0.15, 0.2) is 0 Å². The van der Waals surface area contributed by atoms with E-state index in [1.165, 1.54) is 6.07 Å². The molecule has 0 bridgehead atoms. The lowest BCUT2D eigenvalue weighted by Crippen LogP contribution is -2.50. The molecule has 2 fully saturated rings. The van der Waals surface area contributed by atoms with Gasteiger partial charge in [0, 0.05) is 50.0 Å². The molecular formula is C24H24FN5O. The maximum atomic E-state index is 14.0. The Bertz CT molecular complexity index is 1190. The van der Waals surface area contributed by atoms with Gasteiger partial charge in [-0.2, -0.15) is 5.26 Å². The van der Waals surface area contributed by atoms with Crippen LogP contribution in [0.15, 0.2) is 47.4 Å². The zero-order valence-corrected chi connectivity index (χ0v) is 17.2. The summed E-state index contributed by atoms with van der Waals surface area (Å²) in [7, 11) is 0. The summed E-state index contributed by atoms with van der Waals surface area (Å²) in [6, 6.07) is 13.1. The van der Waals surface area contributed by atoms with Gasteiger partial charge in [-0.1, -0.05) is 12.1 Å². The molecule has 3 aromatic rings. The fourth-order valence-electron chi connectivity index (χ4n) is 5.05. The van der Waals surface area contributed by atoms with Crippen LogP contribution in [0.2, 0.25) is 0 Å². The Balaban J connectivity index is 1.24. The average Bonchev–Trinajstić information content (AvgIpc) is 3.29. The predicted molar refractivity (Wildman–Crippen MR) is 118 cm³/mol. The molecule has 31 heavy (non-hydrogen) atoms. The minimum absolute atomic E-state index is 0.147. The van der Waals surface area contributed by atoms with Crippen molar-refractivity contribution in [3.63, 3.8) is 0 Å². The number of piperazine rings is 1. The minimum atomic E-state index is -0.468. The van der Waals surface area contributed by atoms with E-state index in [9.17, 15) is 9.18 Å². The molecule has 0 unspecified atom stereocenters. The van der Waals surface area contributed by atoms with E-state index in [1.807, 2.05) is 18.2 Å². The first-order valence-electron chi connectivity index (χ1n) is 10.8. The van der Waals surface area contributed by atoms with Crippen LogP contribution in [0, 0.1) is 17.1 Å². The summed E-state index contributed by atoms with van der Waals surface area (Å²) in [6.07, 6.45) is 4.76. The molecule has 2 aliphatic rings. The minimum Gasteiger partial charge on any atom is -0.354 e. The third kappa shape index (κ3) is 3.79. The molecule has 3 heterocycles. The summed E-state index contributed by atoms with van der Waals surface area (Å²) in [5.74, 6) is 0.747. The van der Waals surface area contributed by atoms with Crippen LogP contribution in [-0.4, -0.2) is 47.1 Å². The Morgan fingerprint density at radius 2 is 1.97 bits per heavy atom. The summed E-state index contributed by atoms with van der Waals surface area (Å²) >= 11 is 0. The lowest BCUT2D eigenvalue weighted by Gasteiger charge is -2.38. The number of hydrogen-bond donors (Lipinski definition) is 1. The van der Waals surface area contributed by atoms with Crippen molar-refractivity contribution in [3.8, 4) is 6.07 Å². The van der Waals surface area contributed by atoms with E-state index in [0.29, 0.717) is 22.9 Å². The third-order valence-corrected chi connectivity index (χ3v) is 6.72. The lowest BCUT2D eigenvalue weighted by atomic mass is 10.00. The van der Waals surface area contributed by atoms with E-state index >= 15 is 0 Å². The molecular weight excluding hydrogens is 393 g/mol. The smallest absolute Gasteiger partial charge is 0.259 e. The lowest BCUT2D eigenvalue weighted by molar-refractivity contribution is 0.186. The van der Waals surface area contributed by atoms with Gasteiger partial charge in [-0.3, -0.25) is 9.69 Å². The molecule has 1 N–H and O–H groups in total. The molecule has 6 nitrogen and oxygen atoms in total. The van der Waals surface area contributed by atoms with Gasteiger partial charge in [-0.15, -0.1) is 0 Å². The molecule has 1 saturated heterocycles. The quantitative estimate of drug-likeness (QED) is 0.707. The van der Waals surface area contributed by atoms with Gasteiger partial charge in [-0.05, 0) is 48.9 Å². The fraction of sp³-hybridized carbons (Fsp3) is 0.375. The van der Waals surface area contributed by atoms with Crippen molar-refractivity contribution in [2.24, 2.45) is 0 Å². The van der Waals surface area contributed by atoms with E-state index in [4.69, 9.17) is 5.26 Å². The highest BCUT2D eigenvalue weighted by Gasteiger charge is 2.32. The van der Waals surface area contributed by atoms with Crippen molar-refractivity contribution in [1.29, 1.82) is 5.26 Å². The standard InChI is InChI=1S/C24H24FN5O/c25-20-3-1-2-18-13-21(28-24(31)23(18)20)17-5-6-19(12-17)29-8-10-30(11-9-29)22-7-4-16(14-26)15-27-22/h1-4,7,13,15,17,19H,5-6,8-12H2,(H,28,31)/t17-,19-/m1/s1. The van der Waals surface area contributed by atoms with Gasteiger partial charge in [0.25, 0.3) is 5.56 Å². The van der Waals surface area contributed by atoms with Crippen LogP contribution in [0.5, 0.6) is 0 Å². The van der Waals surface area contributed by atoms with Crippen LogP contribution >= 0.6 is 0 Å². The SMILES string of the molecule is N#Cc1ccc(N2CCN([C@@H]3CC[C@@H](c4cc5cccc(F)c5c(=O)[nH]4)C3)CC2)nc1. The van der Waals surface area contributed by atoms with Crippen LogP contribution in [0.3, 0.4) is 0 Å². The molecule has 1 aliphatic heterocycles. The summed E-state index contributed by atoms with van der Waals surface area (Å²) in [5, 5.41) is 9.75. The summed E-state index contributed by atoms with van der Waals surface area (Å²) in [6.45, 7) is 3.76. The first kappa shape index (κ1) is 19.7. The van der Waals surface area contributed by atoms with Crippen LogP contribution in [0.4, 0.5) is 10.2 Å². The summed E-state index contributed by atoms with van der Waals surface area (Å²) in [4.78, 5) is 24.6. The van der Waals surface area contributed by atoms with E-state index in [2.05, 4.69) is 25.8 Å². The topological polar surface area (TPSA) is 76.0 Å². The number of nitrogens with zero attached hydrogens (tertiary/aromatic N) is 4. The van der Waals surface area contributed by atoms with Gasteiger partial charge in [0.05, 0.1) is 10.9 Å². The van der Waals surface area contributed by atoms with Crippen LogP contribution in [0.1, 0.15) is 36.4 Å². The Hall–Kier alpha value is -3.24. The second-order valence-electron chi connectivity index (χ2n) is 8.46. The molecule has 1 aromatic carbocycles. The van der Waals surface area contributed by atoms with E-state index in [0.717, 1.165) is 57.0 Å². The number of benzene rings is 1. The number of hydrogen-bond acceptors (Lipinski definition) is 5. The summed E-state index contributed by atoms with van der Waals surface area (Å²) < 4.78 is 14.0. The van der Waals surface area contributed by atoms with Crippen LogP contribution in [0.25, 0.3) is 10.8 Å². The molecule has 0 radical (unpaired) electrons. The highest BCUT2D eigenvalue weighted by Crippen LogP contribution is 2.37. The first-order valence-corrected chi connectivity index (χ1v) is 10.8. The zero-order chi connectivity index (χ0) is 21.4. The first-order chi connectivity index (χ1) is 15.1. The number of anilines is 1.